The second-order valence-electron chi connectivity index (χ2n) is 7.39. The monoisotopic (exact) mass is 403 g/mol. The van der Waals surface area contributed by atoms with Gasteiger partial charge in [0, 0.05) is 43.5 Å². The van der Waals surface area contributed by atoms with Crippen LogP contribution in [0.25, 0.3) is 28.3 Å². The van der Waals surface area contributed by atoms with Crippen molar-refractivity contribution in [3.05, 3.63) is 43.2 Å². The molecule has 0 unspecified atom stereocenters. The number of hydrogen-bond donors (Lipinski definition) is 1. The van der Waals surface area contributed by atoms with Crippen molar-refractivity contribution in [3.63, 3.8) is 0 Å². The third-order valence-corrected chi connectivity index (χ3v) is 5.37. The fourth-order valence-electron chi connectivity index (χ4n) is 3.81. The van der Waals surface area contributed by atoms with Gasteiger partial charge in [0.2, 0.25) is 0 Å². The molecule has 5 rings (SSSR count). The molecule has 5 heterocycles. The van der Waals surface area contributed by atoms with Gasteiger partial charge in [-0.2, -0.15) is 15.5 Å². The Hall–Kier alpha value is -4.20. The molecule has 1 amide bonds. The minimum Gasteiger partial charge on any atom is -0.465 e. The molecule has 4 aromatic rings. The van der Waals surface area contributed by atoms with Crippen LogP contribution in [0.3, 0.4) is 0 Å². The Morgan fingerprint density at radius 3 is 2.77 bits per heavy atom. The number of aryl methyl sites for hydroxylation is 1. The zero-order valence-electron chi connectivity index (χ0n) is 16.0. The molecule has 11 heteroatoms. The lowest BCUT2D eigenvalue weighted by Gasteiger charge is -2.47. The average Bonchev–Trinajstić information content (AvgIpc) is 3.43. The van der Waals surface area contributed by atoms with E-state index in [0.717, 1.165) is 22.5 Å². The molecular formula is C19H17N9O2. The van der Waals surface area contributed by atoms with Gasteiger partial charge in [-0.25, -0.2) is 14.8 Å². The van der Waals surface area contributed by atoms with Crippen molar-refractivity contribution >= 4 is 11.7 Å². The summed E-state index contributed by atoms with van der Waals surface area (Å²) in [7, 11) is 1.84. The van der Waals surface area contributed by atoms with E-state index in [1.165, 1.54) is 4.90 Å². The standard InChI is InChI=1S/C19H17N9O2/c1-25-9-13(7-22-25)15-6-16-21-4-5-27(16)17(24-15)14-8-23-28(10-14)19(2-3-20)11-26(12-19)18(29)30/h4-10H,2,11-12H2,1H3,(H,29,30). The molecule has 1 aliphatic rings. The number of likely N-dealkylation sites (tertiary alicyclic amines) is 1. The molecule has 0 aliphatic carbocycles. The van der Waals surface area contributed by atoms with Crippen LogP contribution in [-0.2, 0) is 12.6 Å². The van der Waals surface area contributed by atoms with Gasteiger partial charge in [-0.05, 0) is 0 Å². The third kappa shape index (κ3) is 2.69. The summed E-state index contributed by atoms with van der Waals surface area (Å²) in [6.45, 7) is 0.446. The van der Waals surface area contributed by atoms with E-state index in [4.69, 9.17) is 4.98 Å². The van der Waals surface area contributed by atoms with E-state index in [1.54, 1.807) is 28.0 Å². The van der Waals surface area contributed by atoms with Crippen LogP contribution in [-0.4, -0.2) is 63.1 Å². The van der Waals surface area contributed by atoms with E-state index in [9.17, 15) is 15.2 Å². The molecule has 0 aromatic carbocycles. The number of carbonyl (C=O) groups is 1. The lowest BCUT2D eigenvalue weighted by molar-refractivity contribution is 0.0139. The highest BCUT2D eigenvalue weighted by Gasteiger charge is 2.47. The van der Waals surface area contributed by atoms with E-state index in [-0.39, 0.29) is 19.5 Å². The van der Waals surface area contributed by atoms with E-state index in [0.29, 0.717) is 5.82 Å². The van der Waals surface area contributed by atoms with Crippen molar-refractivity contribution in [3.8, 4) is 28.7 Å². The highest BCUT2D eigenvalue weighted by atomic mass is 16.4. The number of imidazole rings is 1. The third-order valence-electron chi connectivity index (χ3n) is 5.37. The fourth-order valence-corrected chi connectivity index (χ4v) is 3.81. The molecule has 150 valence electrons. The highest BCUT2D eigenvalue weighted by Crippen LogP contribution is 2.33. The predicted octanol–water partition coefficient (Wildman–Crippen LogP) is 1.60. The van der Waals surface area contributed by atoms with Crippen molar-refractivity contribution in [2.75, 3.05) is 13.1 Å². The number of fused-ring (bicyclic) bond motifs is 1. The summed E-state index contributed by atoms with van der Waals surface area (Å²) in [6, 6.07) is 4.04. The van der Waals surface area contributed by atoms with Crippen LogP contribution in [0.1, 0.15) is 6.42 Å². The molecular weight excluding hydrogens is 386 g/mol. The summed E-state index contributed by atoms with van der Waals surface area (Å²) in [4.78, 5) is 21.7. The van der Waals surface area contributed by atoms with Crippen molar-refractivity contribution in [2.24, 2.45) is 7.05 Å². The SMILES string of the molecule is Cn1cc(-c2cc3nccn3c(-c3cnn(C4(CC#N)CN(C(=O)O)C4)c3)n2)cn1. The Morgan fingerprint density at radius 2 is 2.07 bits per heavy atom. The normalized spacial score (nSPS) is 15.1. The molecule has 30 heavy (non-hydrogen) atoms. The molecule has 0 saturated carbocycles. The number of hydrogen-bond acceptors (Lipinski definition) is 6. The first-order chi connectivity index (χ1) is 14.5. The van der Waals surface area contributed by atoms with Gasteiger partial charge in [-0.3, -0.25) is 13.8 Å². The summed E-state index contributed by atoms with van der Waals surface area (Å²) in [5.41, 5.74) is 2.42. The first-order valence-electron chi connectivity index (χ1n) is 9.23. The molecule has 0 bridgehead atoms. The van der Waals surface area contributed by atoms with E-state index in [2.05, 4.69) is 21.3 Å². The zero-order chi connectivity index (χ0) is 20.9. The van der Waals surface area contributed by atoms with Crippen LogP contribution < -0.4 is 0 Å². The van der Waals surface area contributed by atoms with Crippen LogP contribution in [0.4, 0.5) is 4.79 Å². The summed E-state index contributed by atoms with van der Waals surface area (Å²) >= 11 is 0. The maximum atomic E-state index is 11.2. The lowest BCUT2D eigenvalue weighted by Crippen LogP contribution is -2.64. The topological polar surface area (TPSA) is 130 Å². The average molecular weight is 403 g/mol. The molecule has 1 saturated heterocycles. The maximum Gasteiger partial charge on any atom is 0.407 e. The first kappa shape index (κ1) is 17.9. The van der Waals surface area contributed by atoms with E-state index in [1.807, 2.05) is 36.1 Å². The van der Waals surface area contributed by atoms with Crippen LogP contribution in [0, 0.1) is 11.3 Å². The number of carboxylic acid groups (broad SMARTS) is 1. The van der Waals surface area contributed by atoms with Gasteiger partial charge in [0.15, 0.2) is 0 Å². The number of nitrogens with zero attached hydrogens (tertiary/aromatic N) is 9. The van der Waals surface area contributed by atoms with Gasteiger partial charge in [-0.1, -0.05) is 0 Å². The van der Waals surface area contributed by atoms with Crippen molar-refractivity contribution < 1.29 is 9.90 Å². The molecule has 0 radical (unpaired) electrons. The van der Waals surface area contributed by atoms with Gasteiger partial charge in [-0.15, -0.1) is 0 Å². The van der Waals surface area contributed by atoms with E-state index < -0.39 is 11.6 Å². The number of nitriles is 1. The smallest absolute Gasteiger partial charge is 0.407 e. The van der Waals surface area contributed by atoms with Crippen molar-refractivity contribution in [1.29, 1.82) is 5.26 Å². The van der Waals surface area contributed by atoms with Crippen molar-refractivity contribution in [1.82, 2.24) is 38.8 Å². The molecule has 0 spiro atoms. The van der Waals surface area contributed by atoms with Gasteiger partial charge < -0.3 is 10.0 Å². The predicted molar refractivity (Wildman–Crippen MR) is 104 cm³/mol. The van der Waals surface area contributed by atoms with Crippen LogP contribution in [0.15, 0.2) is 43.2 Å². The minimum atomic E-state index is -0.998. The minimum absolute atomic E-state index is 0.168. The van der Waals surface area contributed by atoms with Crippen molar-refractivity contribution in [2.45, 2.75) is 12.0 Å². The Bertz CT molecular complexity index is 1300. The van der Waals surface area contributed by atoms with Gasteiger partial charge in [0.05, 0.1) is 49.2 Å². The number of rotatable bonds is 4. The van der Waals surface area contributed by atoms with Crippen LogP contribution >= 0.6 is 0 Å². The summed E-state index contributed by atoms with van der Waals surface area (Å²) < 4.78 is 5.26. The summed E-state index contributed by atoms with van der Waals surface area (Å²) in [5.74, 6) is 0.650. The Kier molecular flexibility index (Phi) is 3.82. The molecule has 0 atom stereocenters. The quantitative estimate of drug-likeness (QED) is 0.547. The summed E-state index contributed by atoms with van der Waals surface area (Å²) in [6.07, 6.45) is 9.80. The second kappa shape index (κ2) is 6.41. The maximum absolute atomic E-state index is 11.2. The van der Waals surface area contributed by atoms with Gasteiger partial charge in [0.25, 0.3) is 0 Å². The molecule has 1 fully saturated rings. The Balaban J connectivity index is 1.57. The van der Waals surface area contributed by atoms with Gasteiger partial charge in [0.1, 0.15) is 17.0 Å². The fraction of sp³-hybridized carbons (Fsp3) is 0.263. The second-order valence-corrected chi connectivity index (χ2v) is 7.39. The molecule has 11 nitrogen and oxygen atoms in total. The summed E-state index contributed by atoms with van der Waals surface area (Å²) in [5, 5.41) is 27.1. The number of aromatic nitrogens is 7. The lowest BCUT2D eigenvalue weighted by atomic mass is 9.87. The zero-order valence-corrected chi connectivity index (χ0v) is 16.0. The largest absolute Gasteiger partial charge is 0.465 e. The van der Waals surface area contributed by atoms with Crippen LogP contribution in [0.5, 0.6) is 0 Å². The molecule has 1 aliphatic heterocycles. The van der Waals surface area contributed by atoms with Crippen LogP contribution in [0.2, 0.25) is 0 Å². The highest BCUT2D eigenvalue weighted by molar-refractivity contribution is 5.68. The van der Waals surface area contributed by atoms with E-state index >= 15 is 0 Å². The Morgan fingerprint density at radius 1 is 1.27 bits per heavy atom. The first-order valence-corrected chi connectivity index (χ1v) is 9.23. The Labute approximate surface area is 170 Å². The van der Waals surface area contributed by atoms with Gasteiger partial charge >= 0.3 is 6.09 Å². The number of amides is 1. The molecule has 1 N–H and O–H groups in total. The molecule has 4 aromatic heterocycles.